The number of nitrogen functional groups attached to an aromatic ring is 1. The van der Waals surface area contributed by atoms with Crippen molar-refractivity contribution in [1.82, 2.24) is 20.7 Å². The Hall–Kier alpha value is -2.84. The third-order valence-corrected chi connectivity index (χ3v) is 6.13. The van der Waals surface area contributed by atoms with Crippen molar-refractivity contribution in [3.05, 3.63) is 22.3 Å². The smallest absolute Gasteiger partial charge is 0.276 e. The minimum absolute atomic E-state index is 0.0668. The third-order valence-electron chi connectivity index (χ3n) is 4.04. The number of amidine groups is 1. The van der Waals surface area contributed by atoms with Gasteiger partial charge >= 0.3 is 0 Å². The zero-order chi connectivity index (χ0) is 20.4. The summed E-state index contributed by atoms with van der Waals surface area (Å²) in [5.74, 6) is 5.00. The van der Waals surface area contributed by atoms with E-state index in [9.17, 15) is 9.59 Å². The summed E-state index contributed by atoms with van der Waals surface area (Å²) in [5, 5.41) is 11.7. The second-order valence-electron chi connectivity index (χ2n) is 5.81. The average molecular weight is 426 g/mol. The quantitative estimate of drug-likeness (QED) is 0.119. The number of β-lactam (4-membered cyclic amide) rings is 1. The topological polar surface area (TPSA) is 186 Å². The zero-order valence-electron chi connectivity index (χ0n) is 15.0. The van der Waals surface area contributed by atoms with Crippen molar-refractivity contribution in [2.75, 3.05) is 18.6 Å². The van der Waals surface area contributed by atoms with Crippen LogP contribution >= 0.6 is 23.1 Å². The van der Waals surface area contributed by atoms with Gasteiger partial charge in [0.25, 0.3) is 11.8 Å². The molecule has 8 N–H and O–H groups in total. The first-order chi connectivity index (χ1) is 13.4. The van der Waals surface area contributed by atoms with Gasteiger partial charge in [-0.25, -0.2) is 16.4 Å². The van der Waals surface area contributed by atoms with E-state index in [1.54, 1.807) is 5.38 Å². The van der Waals surface area contributed by atoms with E-state index in [-0.39, 0.29) is 33.7 Å². The molecule has 2 amide bonds. The van der Waals surface area contributed by atoms with Crippen molar-refractivity contribution in [2.24, 2.45) is 21.8 Å². The molecule has 1 aromatic heterocycles. The highest BCUT2D eigenvalue weighted by Crippen LogP contribution is 2.40. The number of nitrogens with one attached hydrogen (secondary N) is 2. The first kappa shape index (κ1) is 19.9. The lowest BCUT2D eigenvalue weighted by molar-refractivity contribution is -0.144. The molecule has 1 fully saturated rings. The second kappa shape index (κ2) is 8.04. The summed E-state index contributed by atoms with van der Waals surface area (Å²) < 4.78 is 0. The van der Waals surface area contributed by atoms with Crippen LogP contribution in [0.1, 0.15) is 12.6 Å². The number of fused-ring (bicyclic) bond motifs is 1. The molecule has 1 aromatic rings. The Labute approximate surface area is 168 Å². The molecule has 0 spiro atoms. The number of anilines is 1. The van der Waals surface area contributed by atoms with E-state index in [2.05, 4.69) is 26.1 Å². The Morgan fingerprint density at radius 3 is 2.86 bits per heavy atom. The second-order valence-corrected chi connectivity index (χ2v) is 7.80. The Balaban J connectivity index is 1.78. The number of rotatable bonds is 6. The molecule has 1 saturated heterocycles. The fraction of sp³-hybridized carbons (Fsp3) is 0.357. The first-order valence-electron chi connectivity index (χ1n) is 7.96. The van der Waals surface area contributed by atoms with Crippen molar-refractivity contribution in [2.45, 2.75) is 18.3 Å². The van der Waals surface area contributed by atoms with Crippen LogP contribution in [0, 0.1) is 0 Å². The monoisotopic (exact) mass is 425 g/mol. The maximum absolute atomic E-state index is 12.7. The van der Waals surface area contributed by atoms with Crippen LogP contribution in [0.25, 0.3) is 0 Å². The van der Waals surface area contributed by atoms with Gasteiger partial charge in [-0.05, 0) is 12.5 Å². The summed E-state index contributed by atoms with van der Waals surface area (Å²) in [6.45, 7) is 1.85. The van der Waals surface area contributed by atoms with E-state index in [1.165, 1.54) is 23.8 Å². The van der Waals surface area contributed by atoms with Crippen LogP contribution in [0.2, 0.25) is 0 Å². The van der Waals surface area contributed by atoms with E-state index >= 15 is 0 Å². The highest BCUT2D eigenvalue weighted by molar-refractivity contribution is 8.00. The number of hydrogen-bond acceptors (Lipinski definition) is 11. The van der Waals surface area contributed by atoms with Crippen molar-refractivity contribution in [3.63, 3.8) is 0 Å². The number of nitrogens with zero attached hydrogens (tertiary/aromatic N) is 4. The lowest BCUT2D eigenvalue weighted by Gasteiger charge is -2.50. The molecule has 14 heteroatoms. The van der Waals surface area contributed by atoms with E-state index in [0.717, 1.165) is 16.9 Å². The van der Waals surface area contributed by atoms with Gasteiger partial charge in [0.2, 0.25) is 0 Å². The summed E-state index contributed by atoms with van der Waals surface area (Å²) in [5.41, 5.74) is 15.2. The van der Waals surface area contributed by atoms with Gasteiger partial charge in [-0.1, -0.05) is 5.16 Å². The molecule has 2 aliphatic heterocycles. The number of nitrogens with two attached hydrogens (primary N) is 3. The largest absolute Gasteiger partial charge is 0.398 e. The van der Waals surface area contributed by atoms with Crippen LogP contribution in [0.5, 0.6) is 0 Å². The van der Waals surface area contributed by atoms with Crippen molar-refractivity contribution in [1.29, 1.82) is 0 Å². The molecule has 2 aliphatic rings. The number of thioether (sulfide) groups is 1. The van der Waals surface area contributed by atoms with Gasteiger partial charge in [-0.15, -0.1) is 28.2 Å². The van der Waals surface area contributed by atoms with Crippen molar-refractivity contribution < 1.29 is 14.4 Å². The molecule has 150 valence electrons. The molecule has 2 atom stereocenters. The highest BCUT2D eigenvalue weighted by atomic mass is 32.2. The maximum Gasteiger partial charge on any atom is 0.276 e. The molecule has 0 radical (unpaired) electrons. The van der Waals surface area contributed by atoms with Gasteiger partial charge in [0.05, 0.1) is 5.70 Å². The van der Waals surface area contributed by atoms with Gasteiger partial charge in [0.15, 0.2) is 16.7 Å². The predicted octanol–water partition coefficient (Wildman–Crippen LogP) is -1.51. The van der Waals surface area contributed by atoms with Gasteiger partial charge in [-0.3, -0.25) is 14.5 Å². The van der Waals surface area contributed by atoms with Crippen molar-refractivity contribution >= 4 is 51.6 Å². The molecule has 0 aromatic carbocycles. The van der Waals surface area contributed by atoms with Gasteiger partial charge < -0.3 is 21.6 Å². The van der Waals surface area contributed by atoms with Gasteiger partial charge in [0, 0.05) is 11.1 Å². The zero-order valence-corrected chi connectivity index (χ0v) is 16.6. The number of thiazole rings is 1. The van der Waals surface area contributed by atoms with Gasteiger partial charge in [-0.2, -0.15) is 0 Å². The number of hydrazine groups is 1. The van der Waals surface area contributed by atoms with E-state index in [0.29, 0.717) is 11.4 Å². The fourth-order valence-corrected chi connectivity index (χ4v) is 4.70. The lowest BCUT2D eigenvalue weighted by Crippen LogP contribution is -2.71. The molecule has 28 heavy (non-hydrogen) atoms. The summed E-state index contributed by atoms with van der Waals surface area (Å²) in [6.07, 6.45) is 0. The van der Waals surface area contributed by atoms with Crippen LogP contribution in [0.3, 0.4) is 0 Å². The Morgan fingerprint density at radius 1 is 1.50 bits per heavy atom. The van der Waals surface area contributed by atoms with Crippen LogP contribution < -0.4 is 28.2 Å². The molecule has 3 heterocycles. The van der Waals surface area contributed by atoms with E-state index in [1.807, 2.05) is 6.92 Å². The Morgan fingerprint density at radius 2 is 2.25 bits per heavy atom. The SMILES string of the molecule is CO/N=C(\C(=O)N[C@@H]1C(=O)N2C(/C(N)=N/NN)=C(C)CS[C@H]12)c1csc(N)n1. The average Bonchev–Trinajstić information content (AvgIpc) is 3.09. The van der Waals surface area contributed by atoms with Crippen LogP contribution in [-0.4, -0.2) is 57.5 Å². The first-order valence-corrected chi connectivity index (χ1v) is 9.88. The van der Waals surface area contributed by atoms with Gasteiger partial charge in [0.1, 0.15) is 24.2 Å². The maximum atomic E-state index is 12.7. The number of carbonyl (C=O) groups is 2. The Kier molecular flexibility index (Phi) is 5.71. The molecule has 3 rings (SSSR count). The molecule has 0 unspecified atom stereocenters. The minimum atomic E-state index is -0.753. The standard InChI is InChI=1S/C14H19N9O3S2/c1-5-3-27-13-8(12(25)23(13)9(5)10(15)20-22-17)19-11(24)7(21-26-2)6-4-28-14(16)18-6/h4,8,13,22H,3,17H2,1-2H3,(H2,15,20)(H2,16,18)(H,19,24)/b21-7-/t8-,13-/m1/s1. The fourth-order valence-electron chi connectivity index (χ4n) is 2.86. The summed E-state index contributed by atoms with van der Waals surface area (Å²) in [4.78, 5) is 35.7. The number of aromatic nitrogens is 1. The van der Waals surface area contributed by atoms with E-state index < -0.39 is 11.9 Å². The molecule has 0 bridgehead atoms. The summed E-state index contributed by atoms with van der Waals surface area (Å²) >= 11 is 2.67. The van der Waals surface area contributed by atoms with E-state index in [4.69, 9.17) is 22.1 Å². The molecular formula is C14H19N9O3S2. The Bertz CT molecular complexity index is 894. The van der Waals surface area contributed by atoms with Crippen molar-refractivity contribution in [3.8, 4) is 0 Å². The number of carbonyl (C=O) groups excluding carboxylic acids is 2. The number of amides is 2. The van der Waals surface area contributed by atoms with Crippen LogP contribution in [0.15, 0.2) is 26.9 Å². The van der Waals surface area contributed by atoms with Crippen LogP contribution in [0.4, 0.5) is 5.13 Å². The molecular weight excluding hydrogens is 406 g/mol. The predicted molar refractivity (Wildman–Crippen MR) is 107 cm³/mol. The number of hydrazone groups is 1. The minimum Gasteiger partial charge on any atom is -0.398 e. The summed E-state index contributed by atoms with van der Waals surface area (Å²) in [6, 6.07) is -0.753. The normalized spacial score (nSPS) is 22.5. The number of oxime groups is 1. The molecule has 0 aliphatic carbocycles. The summed E-state index contributed by atoms with van der Waals surface area (Å²) in [7, 11) is 1.31. The molecule has 0 saturated carbocycles. The molecule has 12 nitrogen and oxygen atoms in total. The highest BCUT2D eigenvalue weighted by Gasteiger charge is 2.53. The number of hydrogen-bond donors (Lipinski definition) is 5. The van der Waals surface area contributed by atoms with Crippen LogP contribution in [-0.2, 0) is 14.4 Å². The third kappa shape index (κ3) is 3.48. The lowest BCUT2D eigenvalue weighted by atomic mass is 10.0.